The van der Waals surface area contributed by atoms with E-state index in [1.165, 1.54) is 0 Å². The van der Waals surface area contributed by atoms with E-state index >= 15 is 0 Å². The van der Waals surface area contributed by atoms with Crippen LogP contribution in [0.1, 0.15) is 30.5 Å². The van der Waals surface area contributed by atoms with Crippen molar-refractivity contribution in [2.75, 3.05) is 26.2 Å². The number of aryl methyl sites for hydroxylation is 1. The van der Waals surface area contributed by atoms with Gasteiger partial charge in [-0.15, -0.1) is 0 Å². The van der Waals surface area contributed by atoms with E-state index in [1.54, 1.807) is 19.1 Å². The van der Waals surface area contributed by atoms with Gasteiger partial charge in [-0.05, 0) is 37.5 Å². The lowest BCUT2D eigenvalue weighted by Crippen LogP contribution is -2.42. The monoisotopic (exact) mass is 266 g/mol. The molecule has 2 rings (SSSR count). The van der Waals surface area contributed by atoms with Crippen molar-refractivity contribution in [3.63, 3.8) is 0 Å². The van der Waals surface area contributed by atoms with E-state index in [-0.39, 0.29) is 11.9 Å². The zero-order chi connectivity index (χ0) is 13.8. The summed E-state index contributed by atoms with van der Waals surface area (Å²) in [5, 5.41) is 0. The van der Waals surface area contributed by atoms with Crippen LogP contribution < -0.4 is 5.73 Å². The predicted molar refractivity (Wildman–Crippen MR) is 74.5 cm³/mol. The van der Waals surface area contributed by atoms with Crippen LogP contribution in [-0.4, -0.2) is 37.2 Å². The second-order valence-electron chi connectivity index (χ2n) is 5.39. The van der Waals surface area contributed by atoms with E-state index in [9.17, 15) is 4.39 Å². The SMILES string of the molecule is Cc1ccc(C(N)CCN2CCOC(C)C2)cc1F. The number of ether oxygens (including phenoxy) is 1. The Balaban J connectivity index is 1.86. The summed E-state index contributed by atoms with van der Waals surface area (Å²) in [4.78, 5) is 2.36. The molecule has 0 radical (unpaired) electrons. The van der Waals surface area contributed by atoms with Crippen LogP contribution in [0.25, 0.3) is 0 Å². The van der Waals surface area contributed by atoms with Gasteiger partial charge in [0, 0.05) is 25.7 Å². The van der Waals surface area contributed by atoms with Gasteiger partial charge in [-0.1, -0.05) is 12.1 Å². The van der Waals surface area contributed by atoms with Crippen LogP contribution in [0.3, 0.4) is 0 Å². The van der Waals surface area contributed by atoms with Crippen molar-refractivity contribution < 1.29 is 9.13 Å². The first-order chi connectivity index (χ1) is 9.06. The molecular formula is C15H23FN2O. The van der Waals surface area contributed by atoms with Crippen LogP contribution >= 0.6 is 0 Å². The molecule has 2 unspecified atom stereocenters. The standard InChI is InChI=1S/C15H23FN2O/c1-11-3-4-13(9-14(11)16)15(17)5-6-18-7-8-19-12(2)10-18/h3-4,9,12,15H,5-8,10,17H2,1-2H3. The first-order valence-electron chi connectivity index (χ1n) is 6.92. The van der Waals surface area contributed by atoms with E-state index in [4.69, 9.17) is 10.5 Å². The van der Waals surface area contributed by atoms with Gasteiger partial charge in [-0.2, -0.15) is 0 Å². The molecule has 2 N–H and O–H groups in total. The third kappa shape index (κ3) is 4.00. The Morgan fingerprint density at radius 2 is 2.32 bits per heavy atom. The number of nitrogens with zero attached hydrogens (tertiary/aromatic N) is 1. The van der Waals surface area contributed by atoms with Crippen molar-refractivity contribution >= 4 is 0 Å². The van der Waals surface area contributed by atoms with Gasteiger partial charge in [-0.25, -0.2) is 4.39 Å². The number of halogens is 1. The number of rotatable bonds is 4. The molecule has 1 aromatic carbocycles. The third-order valence-corrected chi connectivity index (χ3v) is 3.71. The molecule has 1 saturated heterocycles. The lowest BCUT2D eigenvalue weighted by Gasteiger charge is -2.31. The molecule has 1 heterocycles. The number of hydrogen-bond donors (Lipinski definition) is 1. The predicted octanol–water partition coefficient (Wildman–Crippen LogP) is 2.24. The van der Waals surface area contributed by atoms with Crippen LogP contribution in [0.2, 0.25) is 0 Å². The fourth-order valence-corrected chi connectivity index (χ4v) is 2.42. The summed E-state index contributed by atoms with van der Waals surface area (Å²) in [5.41, 5.74) is 7.69. The molecule has 3 nitrogen and oxygen atoms in total. The molecule has 0 aliphatic carbocycles. The van der Waals surface area contributed by atoms with Crippen LogP contribution in [0.5, 0.6) is 0 Å². The molecule has 1 fully saturated rings. The number of benzene rings is 1. The first-order valence-corrected chi connectivity index (χ1v) is 6.92. The van der Waals surface area contributed by atoms with Gasteiger partial charge in [0.25, 0.3) is 0 Å². The van der Waals surface area contributed by atoms with Crippen LogP contribution in [0, 0.1) is 12.7 Å². The normalized spacial score (nSPS) is 22.4. The molecule has 1 aliphatic heterocycles. The largest absolute Gasteiger partial charge is 0.376 e. The summed E-state index contributed by atoms with van der Waals surface area (Å²) in [6.07, 6.45) is 1.14. The fraction of sp³-hybridized carbons (Fsp3) is 0.600. The Hall–Kier alpha value is -0.970. The Morgan fingerprint density at radius 3 is 3.00 bits per heavy atom. The average Bonchev–Trinajstić information content (AvgIpc) is 2.39. The first kappa shape index (κ1) is 14.4. The number of nitrogens with two attached hydrogens (primary N) is 1. The summed E-state index contributed by atoms with van der Waals surface area (Å²) in [6, 6.07) is 5.17. The molecule has 2 atom stereocenters. The van der Waals surface area contributed by atoms with Crippen LogP contribution in [0.4, 0.5) is 4.39 Å². The van der Waals surface area contributed by atoms with E-state index in [0.717, 1.165) is 38.2 Å². The van der Waals surface area contributed by atoms with Crippen molar-refractivity contribution in [2.24, 2.45) is 5.73 Å². The van der Waals surface area contributed by atoms with E-state index in [2.05, 4.69) is 11.8 Å². The molecule has 1 aromatic rings. The van der Waals surface area contributed by atoms with Crippen LogP contribution in [0.15, 0.2) is 18.2 Å². The third-order valence-electron chi connectivity index (χ3n) is 3.71. The van der Waals surface area contributed by atoms with Gasteiger partial charge in [0.15, 0.2) is 0 Å². The molecule has 0 spiro atoms. The van der Waals surface area contributed by atoms with E-state index in [1.807, 2.05) is 6.07 Å². The maximum absolute atomic E-state index is 13.5. The lowest BCUT2D eigenvalue weighted by molar-refractivity contribution is -0.0189. The van der Waals surface area contributed by atoms with Crippen molar-refractivity contribution in [2.45, 2.75) is 32.4 Å². The van der Waals surface area contributed by atoms with Gasteiger partial charge in [-0.3, -0.25) is 4.90 Å². The zero-order valence-corrected chi connectivity index (χ0v) is 11.7. The second kappa shape index (κ2) is 6.46. The zero-order valence-electron chi connectivity index (χ0n) is 11.7. The van der Waals surface area contributed by atoms with Gasteiger partial charge in [0.1, 0.15) is 5.82 Å². The maximum atomic E-state index is 13.5. The highest BCUT2D eigenvalue weighted by molar-refractivity contribution is 5.25. The van der Waals surface area contributed by atoms with Crippen molar-refractivity contribution in [1.82, 2.24) is 4.90 Å². The molecule has 19 heavy (non-hydrogen) atoms. The second-order valence-corrected chi connectivity index (χ2v) is 5.39. The number of hydrogen-bond acceptors (Lipinski definition) is 3. The highest BCUT2D eigenvalue weighted by Gasteiger charge is 2.17. The van der Waals surface area contributed by atoms with E-state index in [0.29, 0.717) is 11.7 Å². The molecule has 4 heteroatoms. The van der Waals surface area contributed by atoms with Gasteiger partial charge in [0.2, 0.25) is 0 Å². The molecule has 0 saturated carbocycles. The molecule has 0 bridgehead atoms. The van der Waals surface area contributed by atoms with Crippen molar-refractivity contribution in [1.29, 1.82) is 0 Å². The summed E-state index contributed by atoms with van der Waals surface area (Å²) < 4.78 is 19.0. The van der Waals surface area contributed by atoms with Gasteiger partial charge >= 0.3 is 0 Å². The summed E-state index contributed by atoms with van der Waals surface area (Å²) in [7, 11) is 0. The lowest BCUT2D eigenvalue weighted by atomic mass is 10.0. The maximum Gasteiger partial charge on any atom is 0.126 e. The average molecular weight is 266 g/mol. The van der Waals surface area contributed by atoms with Crippen LogP contribution in [-0.2, 0) is 4.74 Å². The summed E-state index contributed by atoms with van der Waals surface area (Å²) in [6.45, 7) is 7.48. The summed E-state index contributed by atoms with van der Waals surface area (Å²) in [5.74, 6) is -0.173. The van der Waals surface area contributed by atoms with Gasteiger partial charge in [0.05, 0.1) is 12.7 Å². The van der Waals surface area contributed by atoms with Crippen molar-refractivity contribution in [3.8, 4) is 0 Å². The Bertz CT molecular complexity index is 425. The minimum absolute atomic E-state index is 0.103. The Kier molecular flexibility index (Phi) is 4.91. The smallest absolute Gasteiger partial charge is 0.126 e. The quantitative estimate of drug-likeness (QED) is 0.908. The molecular weight excluding hydrogens is 243 g/mol. The fourth-order valence-electron chi connectivity index (χ4n) is 2.42. The summed E-state index contributed by atoms with van der Waals surface area (Å²) >= 11 is 0. The Morgan fingerprint density at radius 1 is 1.53 bits per heavy atom. The number of morpholine rings is 1. The highest BCUT2D eigenvalue weighted by atomic mass is 19.1. The topological polar surface area (TPSA) is 38.5 Å². The highest BCUT2D eigenvalue weighted by Crippen LogP contribution is 2.18. The molecule has 106 valence electrons. The van der Waals surface area contributed by atoms with E-state index < -0.39 is 0 Å². The minimum atomic E-state index is -0.173. The van der Waals surface area contributed by atoms with Gasteiger partial charge < -0.3 is 10.5 Å². The molecule has 1 aliphatic rings. The molecule has 0 amide bonds. The Labute approximate surface area is 114 Å². The minimum Gasteiger partial charge on any atom is -0.376 e. The molecule has 0 aromatic heterocycles. The van der Waals surface area contributed by atoms with Crippen molar-refractivity contribution in [3.05, 3.63) is 35.1 Å².